The lowest BCUT2D eigenvalue weighted by molar-refractivity contribution is -0.136. The zero-order valence-corrected chi connectivity index (χ0v) is 15.9. The summed E-state index contributed by atoms with van der Waals surface area (Å²) in [7, 11) is 0. The molecule has 0 spiro atoms. The molecule has 0 unspecified atom stereocenters. The van der Waals surface area contributed by atoms with Crippen molar-refractivity contribution in [3.63, 3.8) is 0 Å². The summed E-state index contributed by atoms with van der Waals surface area (Å²) in [5, 5.41) is 11.4. The third-order valence-electron chi connectivity index (χ3n) is 5.38. The van der Waals surface area contributed by atoms with Crippen LogP contribution >= 0.6 is 0 Å². The molecule has 0 aliphatic carbocycles. The number of hydrogen-bond donors (Lipinski definition) is 1. The largest absolute Gasteiger partial charge is 0.454 e. The molecule has 0 saturated carbocycles. The summed E-state index contributed by atoms with van der Waals surface area (Å²) in [5.74, 6) is 0.342. The molecule has 30 heavy (non-hydrogen) atoms. The Morgan fingerprint density at radius 1 is 1.07 bits per heavy atom. The molecule has 5 rings (SSSR count). The van der Waals surface area contributed by atoms with Crippen LogP contribution in [0.25, 0.3) is 0 Å². The van der Waals surface area contributed by atoms with Gasteiger partial charge in [-0.3, -0.25) is 14.6 Å². The highest BCUT2D eigenvalue weighted by Crippen LogP contribution is 2.44. The Kier molecular flexibility index (Phi) is 4.25. The van der Waals surface area contributed by atoms with E-state index in [1.165, 1.54) is 11.1 Å². The minimum absolute atomic E-state index is 0.166. The van der Waals surface area contributed by atoms with Crippen LogP contribution in [0.5, 0.6) is 11.5 Å². The van der Waals surface area contributed by atoms with Gasteiger partial charge in [0.1, 0.15) is 5.69 Å². The first kappa shape index (κ1) is 18.3. The van der Waals surface area contributed by atoms with Crippen LogP contribution in [0.3, 0.4) is 0 Å². The summed E-state index contributed by atoms with van der Waals surface area (Å²) in [6.07, 6.45) is 1.13. The van der Waals surface area contributed by atoms with Gasteiger partial charge >= 0.3 is 0 Å². The highest BCUT2D eigenvalue weighted by atomic mass is 16.7. The fourth-order valence-corrected chi connectivity index (χ4v) is 3.91. The third kappa shape index (κ3) is 2.91. The van der Waals surface area contributed by atoms with E-state index in [1.54, 1.807) is 48.5 Å². The van der Waals surface area contributed by atoms with Crippen LogP contribution in [0.4, 0.5) is 5.69 Å². The topological polar surface area (TPSA) is 89.0 Å². The minimum atomic E-state index is -1.94. The van der Waals surface area contributed by atoms with Gasteiger partial charge in [0.05, 0.1) is 18.7 Å². The van der Waals surface area contributed by atoms with Gasteiger partial charge in [-0.2, -0.15) is 0 Å². The summed E-state index contributed by atoms with van der Waals surface area (Å²) < 4.78 is 10.7. The molecule has 0 fully saturated rings. The lowest BCUT2D eigenvalue weighted by Crippen LogP contribution is -2.41. The monoisotopic (exact) mass is 402 g/mol. The number of ketones is 1. The van der Waals surface area contributed by atoms with Crippen LogP contribution in [-0.2, 0) is 16.9 Å². The predicted octanol–water partition coefficient (Wildman–Crippen LogP) is 2.82. The minimum Gasteiger partial charge on any atom is -0.454 e. The lowest BCUT2D eigenvalue weighted by atomic mass is 9.89. The first-order chi connectivity index (χ1) is 14.6. The van der Waals surface area contributed by atoms with E-state index in [4.69, 9.17) is 9.47 Å². The second-order valence-electron chi connectivity index (χ2n) is 7.27. The maximum absolute atomic E-state index is 13.3. The molecule has 0 saturated heterocycles. The number of carbonyl (C=O) groups is 2. The fraction of sp³-hybridized carbons (Fsp3) is 0.174. The zero-order valence-electron chi connectivity index (χ0n) is 15.9. The summed E-state index contributed by atoms with van der Waals surface area (Å²) >= 11 is 0. The van der Waals surface area contributed by atoms with Gasteiger partial charge in [0, 0.05) is 11.8 Å². The quantitative estimate of drug-likeness (QED) is 0.660. The number of para-hydroxylation sites is 1. The van der Waals surface area contributed by atoms with Gasteiger partial charge in [0.2, 0.25) is 6.79 Å². The Morgan fingerprint density at radius 2 is 1.87 bits per heavy atom. The molecule has 7 heteroatoms. The molecule has 1 amide bonds. The molecule has 0 radical (unpaired) electrons. The highest BCUT2D eigenvalue weighted by molar-refractivity contribution is 6.10. The van der Waals surface area contributed by atoms with Crippen molar-refractivity contribution in [3.05, 3.63) is 83.7 Å². The number of hydrogen-bond acceptors (Lipinski definition) is 6. The van der Waals surface area contributed by atoms with E-state index < -0.39 is 17.3 Å². The van der Waals surface area contributed by atoms with Gasteiger partial charge in [-0.05, 0) is 35.9 Å². The van der Waals surface area contributed by atoms with E-state index >= 15 is 0 Å². The number of anilines is 1. The summed E-state index contributed by atoms with van der Waals surface area (Å²) in [5.41, 5.74) is 0.0892. The van der Waals surface area contributed by atoms with E-state index in [0.717, 1.165) is 5.56 Å². The normalized spacial score (nSPS) is 19.1. The molecular weight excluding hydrogens is 384 g/mol. The standard InChI is InChI=1S/C23H18N2O5/c26-19(17-6-3-4-10-24-17)12-23(28)16-5-1-2-7-18(16)25(22(23)27)13-15-8-9-20-21(11-15)30-14-29-20/h1-11,28H,12-14H2/t23-/m0/s1. The summed E-state index contributed by atoms with van der Waals surface area (Å²) in [6, 6.07) is 17.4. The molecule has 2 aliphatic heterocycles. The average Bonchev–Trinajstić information content (AvgIpc) is 3.32. The Labute approximate surface area is 172 Å². The SMILES string of the molecule is O=C(C[C@@]1(O)C(=O)N(Cc2ccc3c(c2)OCO3)c2ccccc21)c1ccccn1. The smallest absolute Gasteiger partial charge is 0.264 e. The number of ether oxygens (including phenoxy) is 2. The molecule has 2 aromatic carbocycles. The van der Waals surface area contributed by atoms with Crippen molar-refractivity contribution in [2.24, 2.45) is 0 Å². The van der Waals surface area contributed by atoms with Crippen LogP contribution in [0, 0.1) is 0 Å². The summed E-state index contributed by atoms with van der Waals surface area (Å²) in [6.45, 7) is 0.395. The molecule has 1 atom stereocenters. The van der Waals surface area contributed by atoms with Gasteiger partial charge < -0.3 is 19.5 Å². The van der Waals surface area contributed by atoms with Gasteiger partial charge in [-0.25, -0.2) is 0 Å². The van der Waals surface area contributed by atoms with Crippen molar-refractivity contribution < 1.29 is 24.2 Å². The second kappa shape index (κ2) is 6.96. The van der Waals surface area contributed by atoms with Gasteiger partial charge in [-0.1, -0.05) is 30.3 Å². The zero-order chi connectivity index (χ0) is 20.7. The van der Waals surface area contributed by atoms with Crippen LogP contribution in [0.1, 0.15) is 28.0 Å². The fourth-order valence-electron chi connectivity index (χ4n) is 3.91. The van der Waals surface area contributed by atoms with Crippen molar-refractivity contribution in [1.82, 2.24) is 4.98 Å². The molecule has 1 aromatic heterocycles. The number of nitrogens with zero attached hydrogens (tertiary/aromatic N) is 2. The Morgan fingerprint density at radius 3 is 2.70 bits per heavy atom. The number of fused-ring (bicyclic) bond motifs is 2. The molecule has 1 N–H and O–H groups in total. The number of carbonyl (C=O) groups excluding carboxylic acids is 2. The van der Waals surface area contributed by atoms with Gasteiger partial charge in [0.15, 0.2) is 22.9 Å². The molecular formula is C23H18N2O5. The number of rotatable bonds is 5. The van der Waals surface area contributed by atoms with Crippen molar-refractivity contribution in [2.75, 3.05) is 11.7 Å². The Bertz CT molecular complexity index is 1150. The number of amides is 1. The Hall–Kier alpha value is -3.71. The molecule has 2 aliphatic rings. The predicted molar refractivity (Wildman–Crippen MR) is 107 cm³/mol. The van der Waals surface area contributed by atoms with E-state index in [0.29, 0.717) is 22.7 Å². The van der Waals surface area contributed by atoms with E-state index in [9.17, 15) is 14.7 Å². The maximum atomic E-state index is 13.3. The van der Waals surface area contributed by atoms with Crippen molar-refractivity contribution >= 4 is 17.4 Å². The number of aliphatic hydroxyl groups is 1. The maximum Gasteiger partial charge on any atom is 0.264 e. The first-order valence-electron chi connectivity index (χ1n) is 9.53. The van der Waals surface area contributed by atoms with Crippen molar-refractivity contribution in [1.29, 1.82) is 0 Å². The Balaban J connectivity index is 1.47. The van der Waals surface area contributed by atoms with Crippen molar-refractivity contribution in [2.45, 2.75) is 18.6 Å². The van der Waals surface area contributed by atoms with Crippen LogP contribution in [0.15, 0.2) is 66.9 Å². The van der Waals surface area contributed by atoms with E-state index in [2.05, 4.69) is 4.98 Å². The molecule has 7 nitrogen and oxygen atoms in total. The van der Waals surface area contributed by atoms with Crippen LogP contribution < -0.4 is 14.4 Å². The first-order valence-corrected chi connectivity index (χ1v) is 9.53. The second-order valence-corrected chi connectivity index (χ2v) is 7.27. The van der Waals surface area contributed by atoms with Crippen molar-refractivity contribution in [3.8, 4) is 11.5 Å². The summed E-state index contributed by atoms with van der Waals surface area (Å²) in [4.78, 5) is 31.6. The van der Waals surface area contributed by atoms with E-state index in [-0.39, 0.29) is 25.5 Å². The number of Topliss-reactive ketones (excluding diaryl/α,β-unsaturated/α-hetero) is 1. The highest BCUT2D eigenvalue weighted by Gasteiger charge is 2.50. The van der Waals surface area contributed by atoms with Crippen LogP contribution in [-0.4, -0.2) is 28.6 Å². The van der Waals surface area contributed by atoms with Crippen LogP contribution in [0.2, 0.25) is 0 Å². The number of pyridine rings is 1. The lowest BCUT2D eigenvalue weighted by Gasteiger charge is -2.22. The molecule has 3 heterocycles. The average molecular weight is 402 g/mol. The van der Waals surface area contributed by atoms with Gasteiger partial charge in [0.25, 0.3) is 5.91 Å². The van der Waals surface area contributed by atoms with Gasteiger partial charge in [-0.15, -0.1) is 0 Å². The number of benzene rings is 2. The van der Waals surface area contributed by atoms with E-state index in [1.807, 2.05) is 12.1 Å². The molecule has 150 valence electrons. The molecule has 0 bridgehead atoms. The molecule has 3 aromatic rings. The number of aromatic nitrogens is 1. The third-order valence-corrected chi connectivity index (χ3v) is 5.38.